The van der Waals surface area contributed by atoms with Crippen LogP contribution >= 0.6 is 0 Å². The molecule has 0 aromatic carbocycles. The lowest BCUT2D eigenvalue weighted by molar-refractivity contribution is 0.230. The van der Waals surface area contributed by atoms with Gasteiger partial charge in [-0.3, -0.25) is 0 Å². The Kier molecular flexibility index (Phi) is 6.15. The van der Waals surface area contributed by atoms with Crippen LogP contribution in [-0.2, 0) is 0 Å². The zero-order valence-corrected chi connectivity index (χ0v) is 11.1. The number of nitrogens with two attached hydrogens (primary N) is 1. The van der Waals surface area contributed by atoms with E-state index < -0.39 is 0 Å². The minimum atomic E-state index is 0.369. The molecule has 0 aliphatic carbocycles. The van der Waals surface area contributed by atoms with E-state index in [-0.39, 0.29) is 0 Å². The summed E-state index contributed by atoms with van der Waals surface area (Å²) in [5.41, 5.74) is 7.39. The second-order valence-electron chi connectivity index (χ2n) is 6.02. The molecule has 0 rings (SSSR count). The summed E-state index contributed by atoms with van der Waals surface area (Å²) in [6.07, 6.45) is 1.18. The molecule has 0 aliphatic rings. The minimum absolute atomic E-state index is 0.369. The third kappa shape index (κ3) is 8.64. The lowest BCUT2D eigenvalue weighted by Gasteiger charge is -2.28. The highest BCUT2D eigenvalue weighted by atomic mass is 15.1. The van der Waals surface area contributed by atoms with E-state index in [2.05, 4.69) is 46.2 Å². The van der Waals surface area contributed by atoms with Crippen molar-refractivity contribution in [3.05, 3.63) is 12.2 Å². The number of nitrogens with zero attached hydrogens (tertiary/aromatic N) is 1. The van der Waals surface area contributed by atoms with Gasteiger partial charge in [0.2, 0.25) is 0 Å². The highest BCUT2D eigenvalue weighted by molar-refractivity contribution is 4.91. The summed E-state index contributed by atoms with van der Waals surface area (Å²) in [6, 6.07) is 0. The lowest BCUT2D eigenvalue weighted by Crippen LogP contribution is -2.33. The molecule has 0 fully saturated rings. The molecule has 15 heavy (non-hydrogen) atoms. The molecule has 0 spiro atoms. The van der Waals surface area contributed by atoms with Crippen LogP contribution in [0.15, 0.2) is 12.2 Å². The quantitative estimate of drug-likeness (QED) is 0.686. The standard InChI is InChI=1S/C13H28N2/c1-11(2)9-15(6)10-12(8-14)7-13(3,4)5/h12H,1,7-10,14H2,2-6H3. The summed E-state index contributed by atoms with van der Waals surface area (Å²) >= 11 is 0. The molecule has 0 radical (unpaired) electrons. The Morgan fingerprint density at radius 1 is 1.40 bits per heavy atom. The van der Waals surface area contributed by atoms with E-state index in [1.165, 1.54) is 12.0 Å². The summed E-state index contributed by atoms with van der Waals surface area (Å²) < 4.78 is 0. The molecular formula is C13H28N2. The number of hydrogen-bond acceptors (Lipinski definition) is 2. The van der Waals surface area contributed by atoms with Crippen LogP contribution in [0.1, 0.15) is 34.1 Å². The van der Waals surface area contributed by atoms with Gasteiger partial charge in [0.1, 0.15) is 0 Å². The molecule has 2 nitrogen and oxygen atoms in total. The normalized spacial score (nSPS) is 14.3. The van der Waals surface area contributed by atoms with Gasteiger partial charge in [0.05, 0.1) is 0 Å². The van der Waals surface area contributed by atoms with Crippen molar-refractivity contribution >= 4 is 0 Å². The smallest absolute Gasteiger partial charge is 0.0184 e. The van der Waals surface area contributed by atoms with E-state index in [4.69, 9.17) is 5.73 Å². The SMILES string of the molecule is C=C(C)CN(C)CC(CN)CC(C)(C)C. The van der Waals surface area contributed by atoms with Crippen LogP contribution in [0.2, 0.25) is 0 Å². The van der Waals surface area contributed by atoms with Gasteiger partial charge < -0.3 is 10.6 Å². The van der Waals surface area contributed by atoms with Crippen molar-refractivity contribution in [2.75, 3.05) is 26.7 Å². The molecule has 0 saturated carbocycles. The average Bonchev–Trinajstić information content (AvgIpc) is 1.98. The largest absolute Gasteiger partial charge is 0.330 e. The molecule has 1 atom stereocenters. The molecule has 0 amide bonds. The Morgan fingerprint density at radius 3 is 2.27 bits per heavy atom. The van der Waals surface area contributed by atoms with Crippen LogP contribution in [0.3, 0.4) is 0 Å². The Hall–Kier alpha value is -0.340. The summed E-state index contributed by atoms with van der Waals surface area (Å²) in [5, 5.41) is 0. The maximum atomic E-state index is 5.81. The number of rotatable bonds is 6. The fraction of sp³-hybridized carbons (Fsp3) is 0.846. The second kappa shape index (κ2) is 6.29. The van der Waals surface area contributed by atoms with E-state index in [1.807, 2.05) is 0 Å². The van der Waals surface area contributed by atoms with Crippen molar-refractivity contribution in [1.29, 1.82) is 0 Å². The van der Waals surface area contributed by atoms with Crippen LogP contribution in [0.5, 0.6) is 0 Å². The minimum Gasteiger partial charge on any atom is -0.330 e. The molecule has 2 N–H and O–H groups in total. The Labute approximate surface area is 95.5 Å². The van der Waals surface area contributed by atoms with Crippen LogP contribution in [0, 0.1) is 11.3 Å². The number of hydrogen-bond donors (Lipinski definition) is 1. The molecule has 0 aromatic rings. The van der Waals surface area contributed by atoms with Gasteiger partial charge in [0.25, 0.3) is 0 Å². The highest BCUT2D eigenvalue weighted by Gasteiger charge is 2.18. The highest BCUT2D eigenvalue weighted by Crippen LogP contribution is 2.24. The molecular weight excluding hydrogens is 184 g/mol. The first-order valence-electron chi connectivity index (χ1n) is 5.77. The molecule has 2 heteroatoms. The Morgan fingerprint density at radius 2 is 1.93 bits per heavy atom. The van der Waals surface area contributed by atoms with Gasteiger partial charge in [-0.2, -0.15) is 0 Å². The van der Waals surface area contributed by atoms with Gasteiger partial charge in [-0.25, -0.2) is 0 Å². The predicted molar refractivity (Wildman–Crippen MR) is 68.9 cm³/mol. The first-order chi connectivity index (χ1) is 6.74. The van der Waals surface area contributed by atoms with Crippen molar-refractivity contribution in [2.24, 2.45) is 17.1 Å². The van der Waals surface area contributed by atoms with Crippen LogP contribution < -0.4 is 5.73 Å². The van der Waals surface area contributed by atoms with E-state index in [0.717, 1.165) is 19.6 Å². The molecule has 0 aromatic heterocycles. The van der Waals surface area contributed by atoms with Crippen molar-refractivity contribution in [3.8, 4) is 0 Å². The van der Waals surface area contributed by atoms with Gasteiger partial charge >= 0.3 is 0 Å². The maximum Gasteiger partial charge on any atom is 0.0184 e. The third-order valence-corrected chi connectivity index (χ3v) is 2.34. The molecule has 0 bridgehead atoms. The van der Waals surface area contributed by atoms with Gasteiger partial charge in [0.15, 0.2) is 0 Å². The maximum absolute atomic E-state index is 5.81. The van der Waals surface area contributed by atoms with Gasteiger partial charge in [-0.05, 0) is 38.3 Å². The van der Waals surface area contributed by atoms with Crippen LogP contribution in [-0.4, -0.2) is 31.6 Å². The fourth-order valence-corrected chi connectivity index (χ4v) is 2.05. The molecule has 90 valence electrons. The average molecular weight is 212 g/mol. The molecule has 0 heterocycles. The van der Waals surface area contributed by atoms with Crippen molar-refractivity contribution in [1.82, 2.24) is 4.90 Å². The summed E-state index contributed by atoms with van der Waals surface area (Å²) in [6.45, 7) is 15.6. The van der Waals surface area contributed by atoms with E-state index in [1.54, 1.807) is 0 Å². The van der Waals surface area contributed by atoms with Crippen molar-refractivity contribution < 1.29 is 0 Å². The van der Waals surface area contributed by atoms with Crippen molar-refractivity contribution in [2.45, 2.75) is 34.1 Å². The zero-order valence-electron chi connectivity index (χ0n) is 11.1. The third-order valence-electron chi connectivity index (χ3n) is 2.34. The van der Waals surface area contributed by atoms with Gasteiger partial charge in [-0.1, -0.05) is 32.9 Å². The first-order valence-corrected chi connectivity index (χ1v) is 5.77. The van der Waals surface area contributed by atoms with Gasteiger partial charge in [-0.15, -0.1) is 0 Å². The first kappa shape index (κ1) is 14.7. The molecule has 0 aliphatic heterocycles. The van der Waals surface area contributed by atoms with Crippen molar-refractivity contribution in [3.63, 3.8) is 0 Å². The monoisotopic (exact) mass is 212 g/mol. The summed E-state index contributed by atoms with van der Waals surface area (Å²) in [4.78, 5) is 2.31. The summed E-state index contributed by atoms with van der Waals surface area (Å²) in [7, 11) is 2.14. The molecule has 0 saturated heterocycles. The lowest BCUT2D eigenvalue weighted by atomic mass is 9.84. The van der Waals surface area contributed by atoms with E-state index >= 15 is 0 Å². The topological polar surface area (TPSA) is 29.3 Å². The Bertz CT molecular complexity index is 191. The number of likely N-dealkylation sites (N-methyl/N-ethyl adjacent to an activating group) is 1. The van der Waals surface area contributed by atoms with Crippen LogP contribution in [0.4, 0.5) is 0 Å². The van der Waals surface area contributed by atoms with Crippen LogP contribution in [0.25, 0.3) is 0 Å². The molecule has 1 unspecified atom stereocenters. The second-order valence-corrected chi connectivity index (χ2v) is 6.02. The van der Waals surface area contributed by atoms with Gasteiger partial charge in [0, 0.05) is 13.1 Å². The van der Waals surface area contributed by atoms with E-state index in [0.29, 0.717) is 11.3 Å². The fourth-order valence-electron chi connectivity index (χ4n) is 2.05. The zero-order chi connectivity index (χ0) is 12.1. The predicted octanol–water partition coefficient (Wildman–Crippen LogP) is 2.51. The Balaban J connectivity index is 4.04. The van der Waals surface area contributed by atoms with E-state index in [9.17, 15) is 0 Å². The summed E-state index contributed by atoms with van der Waals surface area (Å²) in [5.74, 6) is 0.592.